The first-order valence-electron chi connectivity index (χ1n) is 7.85. The Morgan fingerprint density at radius 3 is 2.95 bits per heavy atom. The van der Waals surface area contributed by atoms with Crippen LogP contribution in [0.5, 0.6) is 5.75 Å². The summed E-state index contributed by atoms with van der Waals surface area (Å²) in [5.74, 6) is 2.64. The number of ether oxygens (including phenoxy) is 1. The SMILES string of the molecule is CCNC(=NCCOc1cccnc1)N1CCC(C)CC1. The van der Waals surface area contributed by atoms with E-state index in [1.807, 2.05) is 12.1 Å². The number of aromatic nitrogens is 1. The largest absolute Gasteiger partial charge is 0.490 e. The van der Waals surface area contributed by atoms with Crippen LogP contribution in [0.1, 0.15) is 26.7 Å². The van der Waals surface area contributed by atoms with E-state index in [2.05, 4.69) is 34.0 Å². The molecule has 116 valence electrons. The third-order valence-corrected chi connectivity index (χ3v) is 3.67. The second-order valence-corrected chi connectivity index (χ2v) is 5.44. The number of hydrogen-bond acceptors (Lipinski definition) is 3. The van der Waals surface area contributed by atoms with Gasteiger partial charge in [0, 0.05) is 25.8 Å². The van der Waals surface area contributed by atoms with E-state index in [1.165, 1.54) is 12.8 Å². The van der Waals surface area contributed by atoms with Gasteiger partial charge in [-0.2, -0.15) is 0 Å². The minimum Gasteiger partial charge on any atom is -0.490 e. The number of piperidine rings is 1. The molecule has 0 unspecified atom stereocenters. The maximum absolute atomic E-state index is 5.62. The van der Waals surface area contributed by atoms with E-state index in [1.54, 1.807) is 12.4 Å². The molecule has 2 heterocycles. The number of nitrogens with one attached hydrogen (secondary N) is 1. The first-order chi connectivity index (χ1) is 10.3. The Bertz CT molecular complexity index is 427. The molecule has 0 amide bonds. The summed E-state index contributed by atoms with van der Waals surface area (Å²) < 4.78 is 5.62. The van der Waals surface area contributed by atoms with Gasteiger partial charge in [-0.15, -0.1) is 0 Å². The summed E-state index contributed by atoms with van der Waals surface area (Å²) in [7, 11) is 0. The number of hydrogen-bond donors (Lipinski definition) is 1. The zero-order chi connectivity index (χ0) is 14.9. The van der Waals surface area contributed by atoms with Crippen molar-refractivity contribution in [1.29, 1.82) is 0 Å². The summed E-state index contributed by atoms with van der Waals surface area (Å²) in [6.07, 6.45) is 5.96. The van der Waals surface area contributed by atoms with Gasteiger partial charge in [0.1, 0.15) is 12.4 Å². The van der Waals surface area contributed by atoms with E-state index in [-0.39, 0.29) is 0 Å². The van der Waals surface area contributed by atoms with Crippen LogP contribution in [0.3, 0.4) is 0 Å². The van der Waals surface area contributed by atoms with E-state index in [4.69, 9.17) is 4.74 Å². The number of likely N-dealkylation sites (tertiary alicyclic amines) is 1. The van der Waals surface area contributed by atoms with Crippen LogP contribution in [-0.4, -0.2) is 48.6 Å². The zero-order valence-electron chi connectivity index (χ0n) is 13.1. The van der Waals surface area contributed by atoms with E-state index < -0.39 is 0 Å². The third kappa shape index (κ3) is 5.25. The summed E-state index contributed by atoms with van der Waals surface area (Å²) in [6, 6.07) is 3.78. The monoisotopic (exact) mass is 290 g/mol. The van der Waals surface area contributed by atoms with Gasteiger partial charge in [0.05, 0.1) is 12.7 Å². The van der Waals surface area contributed by atoms with Crippen LogP contribution >= 0.6 is 0 Å². The highest BCUT2D eigenvalue weighted by Crippen LogP contribution is 2.15. The van der Waals surface area contributed by atoms with Crippen LogP contribution in [0.15, 0.2) is 29.5 Å². The summed E-state index contributed by atoms with van der Waals surface area (Å²) in [4.78, 5) is 11.0. The summed E-state index contributed by atoms with van der Waals surface area (Å²) >= 11 is 0. The van der Waals surface area contributed by atoms with Crippen molar-refractivity contribution in [3.63, 3.8) is 0 Å². The standard InChI is InChI=1S/C16H26N4O/c1-3-18-16(20-10-6-14(2)7-11-20)19-9-12-21-15-5-4-8-17-13-15/h4-5,8,13-14H,3,6-7,9-12H2,1-2H3,(H,18,19). The fourth-order valence-corrected chi connectivity index (χ4v) is 2.39. The summed E-state index contributed by atoms with van der Waals surface area (Å²) in [5.41, 5.74) is 0. The predicted octanol–water partition coefficient (Wildman–Crippen LogP) is 2.16. The Kier molecular flexibility index (Phi) is 6.31. The second kappa shape index (κ2) is 8.49. The van der Waals surface area contributed by atoms with Crippen LogP contribution in [-0.2, 0) is 0 Å². The second-order valence-electron chi connectivity index (χ2n) is 5.44. The van der Waals surface area contributed by atoms with Crippen molar-refractivity contribution >= 4 is 5.96 Å². The lowest BCUT2D eigenvalue weighted by atomic mass is 10.00. The van der Waals surface area contributed by atoms with E-state index in [0.29, 0.717) is 13.2 Å². The van der Waals surface area contributed by atoms with Crippen molar-refractivity contribution in [2.45, 2.75) is 26.7 Å². The number of rotatable bonds is 5. The van der Waals surface area contributed by atoms with Gasteiger partial charge in [0.15, 0.2) is 5.96 Å². The highest BCUT2D eigenvalue weighted by molar-refractivity contribution is 5.80. The molecule has 0 spiro atoms. The molecule has 5 heteroatoms. The predicted molar refractivity (Wildman–Crippen MR) is 85.7 cm³/mol. The molecule has 2 rings (SSSR count). The summed E-state index contributed by atoms with van der Waals surface area (Å²) in [5, 5.41) is 3.37. The van der Waals surface area contributed by atoms with Crippen LogP contribution in [0.2, 0.25) is 0 Å². The molecule has 1 aliphatic heterocycles. The molecule has 0 aliphatic carbocycles. The van der Waals surface area contributed by atoms with Crippen molar-refractivity contribution in [3.8, 4) is 5.75 Å². The van der Waals surface area contributed by atoms with Gasteiger partial charge >= 0.3 is 0 Å². The van der Waals surface area contributed by atoms with Gasteiger partial charge in [0.25, 0.3) is 0 Å². The Balaban J connectivity index is 1.80. The highest BCUT2D eigenvalue weighted by Gasteiger charge is 2.18. The van der Waals surface area contributed by atoms with Crippen LogP contribution in [0.25, 0.3) is 0 Å². The minimum atomic E-state index is 0.574. The first kappa shape index (κ1) is 15.6. The molecule has 1 fully saturated rings. The molecule has 0 atom stereocenters. The lowest BCUT2D eigenvalue weighted by Crippen LogP contribution is -2.45. The van der Waals surface area contributed by atoms with Crippen molar-refractivity contribution in [2.24, 2.45) is 10.9 Å². The molecular formula is C16H26N4O. The molecule has 0 bridgehead atoms. The van der Waals surface area contributed by atoms with E-state index in [9.17, 15) is 0 Å². The van der Waals surface area contributed by atoms with Gasteiger partial charge in [-0.25, -0.2) is 4.99 Å². The minimum absolute atomic E-state index is 0.574. The molecule has 5 nitrogen and oxygen atoms in total. The van der Waals surface area contributed by atoms with Crippen molar-refractivity contribution in [2.75, 3.05) is 32.8 Å². The highest BCUT2D eigenvalue weighted by atomic mass is 16.5. The van der Waals surface area contributed by atoms with Crippen LogP contribution in [0, 0.1) is 5.92 Å². The van der Waals surface area contributed by atoms with E-state index in [0.717, 1.165) is 37.3 Å². The molecule has 1 aliphatic rings. The lowest BCUT2D eigenvalue weighted by Gasteiger charge is -2.33. The number of aliphatic imine (C=N–C) groups is 1. The Hall–Kier alpha value is -1.78. The van der Waals surface area contributed by atoms with Gasteiger partial charge < -0.3 is 15.0 Å². The molecule has 0 aromatic carbocycles. The van der Waals surface area contributed by atoms with Crippen LogP contribution in [0.4, 0.5) is 0 Å². The number of pyridine rings is 1. The maximum Gasteiger partial charge on any atom is 0.194 e. The number of nitrogens with zero attached hydrogens (tertiary/aromatic N) is 3. The molecule has 1 N–H and O–H groups in total. The summed E-state index contributed by atoms with van der Waals surface area (Å²) in [6.45, 7) is 8.74. The first-order valence-corrected chi connectivity index (χ1v) is 7.85. The fraction of sp³-hybridized carbons (Fsp3) is 0.625. The average Bonchev–Trinajstić information content (AvgIpc) is 2.52. The molecule has 1 aromatic rings. The Morgan fingerprint density at radius 1 is 1.48 bits per heavy atom. The molecular weight excluding hydrogens is 264 g/mol. The van der Waals surface area contributed by atoms with Crippen LogP contribution < -0.4 is 10.1 Å². The molecule has 1 aromatic heterocycles. The topological polar surface area (TPSA) is 49.8 Å². The van der Waals surface area contributed by atoms with Gasteiger partial charge in [-0.3, -0.25) is 4.98 Å². The van der Waals surface area contributed by atoms with E-state index >= 15 is 0 Å². The third-order valence-electron chi connectivity index (χ3n) is 3.67. The normalized spacial score (nSPS) is 16.9. The van der Waals surface area contributed by atoms with Crippen molar-refractivity contribution in [3.05, 3.63) is 24.5 Å². The maximum atomic E-state index is 5.62. The molecule has 0 saturated carbocycles. The van der Waals surface area contributed by atoms with Gasteiger partial charge in [-0.1, -0.05) is 6.92 Å². The van der Waals surface area contributed by atoms with Gasteiger partial charge in [-0.05, 0) is 37.8 Å². The zero-order valence-corrected chi connectivity index (χ0v) is 13.1. The molecule has 1 saturated heterocycles. The Morgan fingerprint density at radius 2 is 2.29 bits per heavy atom. The molecule has 0 radical (unpaired) electrons. The fourth-order valence-electron chi connectivity index (χ4n) is 2.39. The quantitative estimate of drug-likeness (QED) is 0.513. The number of guanidine groups is 1. The van der Waals surface area contributed by atoms with Crippen molar-refractivity contribution in [1.82, 2.24) is 15.2 Å². The van der Waals surface area contributed by atoms with Crippen molar-refractivity contribution < 1.29 is 4.74 Å². The smallest absolute Gasteiger partial charge is 0.194 e. The Labute approximate surface area is 127 Å². The molecule has 21 heavy (non-hydrogen) atoms. The average molecular weight is 290 g/mol. The van der Waals surface area contributed by atoms with Gasteiger partial charge in [0.2, 0.25) is 0 Å². The lowest BCUT2D eigenvalue weighted by molar-refractivity contribution is 0.272.